The van der Waals surface area contributed by atoms with E-state index in [2.05, 4.69) is 12.2 Å². The van der Waals surface area contributed by atoms with Crippen molar-refractivity contribution in [3.05, 3.63) is 0 Å². The molecule has 72 valence electrons. The van der Waals surface area contributed by atoms with Crippen molar-refractivity contribution < 1.29 is 9.90 Å². The second kappa shape index (κ2) is 6.91. The predicted octanol–water partition coefficient (Wildman–Crippen LogP) is 1.16. The Balaban J connectivity index is 3.19. The van der Waals surface area contributed by atoms with Crippen LogP contribution < -0.4 is 11.1 Å². The minimum Gasteiger partial charge on any atom is -0.465 e. The van der Waals surface area contributed by atoms with E-state index in [1.54, 1.807) is 0 Å². The summed E-state index contributed by atoms with van der Waals surface area (Å²) in [6, 6.07) is 0.136. The molecule has 1 unspecified atom stereocenters. The molecule has 0 saturated heterocycles. The molecule has 0 aromatic carbocycles. The van der Waals surface area contributed by atoms with E-state index in [9.17, 15) is 4.79 Å². The molecule has 0 heterocycles. The Morgan fingerprint density at radius 2 is 2.25 bits per heavy atom. The highest BCUT2D eigenvalue weighted by atomic mass is 16.4. The van der Waals surface area contributed by atoms with Crippen LogP contribution in [0.5, 0.6) is 0 Å². The van der Waals surface area contributed by atoms with Crippen molar-refractivity contribution in [3.8, 4) is 0 Å². The molecule has 0 fully saturated rings. The van der Waals surface area contributed by atoms with Gasteiger partial charge in [0, 0.05) is 12.6 Å². The Morgan fingerprint density at radius 1 is 1.58 bits per heavy atom. The first-order valence-corrected chi connectivity index (χ1v) is 4.39. The van der Waals surface area contributed by atoms with E-state index in [-0.39, 0.29) is 6.04 Å². The van der Waals surface area contributed by atoms with E-state index in [1.807, 2.05) is 0 Å². The molecule has 1 amide bonds. The summed E-state index contributed by atoms with van der Waals surface area (Å²) in [6.07, 6.45) is 3.00. The van der Waals surface area contributed by atoms with Gasteiger partial charge in [-0.15, -0.1) is 0 Å². The van der Waals surface area contributed by atoms with Gasteiger partial charge in [-0.2, -0.15) is 0 Å². The molecule has 0 spiro atoms. The average molecular weight is 174 g/mol. The van der Waals surface area contributed by atoms with Crippen molar-refractivity contribution in [1.29, 1.82) is 0 Å². The SMILES string of the molecule is CCCCC(N)CCNC(=O)O. The molecule has 4 heteroatoms. The van der Waals surface area contributed by atoms with Crippen LogP contribution in [0.25, 0.3) is 0 Å². The third-order valence-corrected chi connectivity index (χ3v) is 1.72. The maximum Gasteiger partial charge on any atom is 0.404 e. The molecule has 0 saturated carbocycles. The van der Waals surface area contributed by atoms with Crippen LogP contribution in [0.1, 0.15) is 32.6 Å². The van der Waals surface area contributed by atoms with E-state index >= 15 is 0 Å². The van der Waals surface area contributed by atoms with Crippen LogP contribution in [0.2, 0.25) is 0 Å². The summed E-state index contributed by atoms with van der Waals surface area (Å²) in [5.74, 6) is 0. The van der Waals surface area contributed by atoms with Crippen molar-refractivity contribution in [2.75, 3.05) is 6.54 Å². The molecule has 0 rings (SSSR count). The fraction of sp³-hybridized carbons (Fsp3) is 0.875. The number of nitrogens with one attached hydrogen (secondary N) is 1. The summed E-state index contributed by atoms with van der Waals surface area (Å²) in [6.45, 7) is 2.57. The molecule has 0 aromatic rings. The van der Waals surface area contributed by atoms with Crippen molar-refractivity contribution in [2.45, 2.75) is 38.6 Å². The van der Waals surface area contributed by atoms with Crippen LogP contribution in [0, 0.1) is 0 Å². The normalized spacial score (nSPS) is 12.5. The number of unbranched alkanes of at least 4 members (excludes halogenated alkanes) is 1. The highest BCUT2D eigenvalue weighted by Crippen LogP contribution is 2.00. The number of nitrogens with two attached hydrogens (primary N) is 1. The standard InChI is InChI=1S/C8H18N2O2/c1-2-3-4-7(9)5-6-10-8(11)12/h7,10H,2-6,9H2,1H3,(H,11,12). The van der Waals surface area contributed by atoms with E-state index < -0.39 is 6.09 Å². The summed E-state index contributed by atoms with van der Waals surface area (Å²) in [7, 11) is 0. The van der Waals surface area contributed by atoms with Gasteiger partial charge < -0.3 is 16.2 Å². The Kier molecular flexibility index (Phi) is 6.47. The van der Waals surface area contributed by atoms with Crippen molar-refractivity contribution in [2.24, 2.45) is 5.73 Å². The van der Waals surface area contributed by atoms with Crippen LogP contribution in [0.15, 0.2) is 0 Å². The number of hydrogen-bond acceptors (Lipinski definition) is 2. The zero-order valence-corrected chi connectivity index (χ0v) is 7.55. The number of hydrogen-bond donors (Lipinski definition) is 3. The molecular weight excluding hydrogens is 156 g/mol. The quantitative estimate of drug-likeness (QED) is 0.565. The van der Waals surface area contributed by atoms with E-state index in [1.165, 1.54) is 0 Å². The van der Waals surface area contributed by atoms with Gasteiger partial charge in [0.15, 0.2) is 0 Å². The lowest BCUT2D eigenvalue weighted by Crippen LogP contribution is -2.29. The summed E-state index contributed by atoms with van der Waals surface area (Å²) >= 11 is 0. The molecule has 0 radical (unpaired) electrons. The Bertz CT molecular complexity index is 128. The molecular formula is C8H18N2O2. The average Bonchev–Trinajstić information content (AvgIpc) is 2.00. The molecule has 4 nitrogen and oxygen atoms in total. The number of amides is 1. The molecule has 4 N–H and O–H groups in total. The van der Waals surface area contributed by atoms with Gasteiger partial charge in [-0.25, -0.2) is 4.79 Å². The van der Waals surface area contributed by atoms with E-state index in [0.29, 0.717) is 6.54 Å². The minimum atomic E-state index is -0.974. The highest BCUT2D eigenvalue weighted by molar-refractivity contribution is 5.64. The van der Waals surface area contributed by atoms with Gasteiger partial charge in [0.2, 0.25) is 0 Å². The first kappa shape index (κ1) is 11.2. The Morgan fingerprint density at radius 3 is 2.75 bits per heavy atom. The second-order valence-corrected chi connectivity index (χ2v) is 2.92. The predicted molar refractivity (Wildman–Crippen MR) is 48.1 cm³/mol. The third kappa shape index (κ3) is 7.34. The summed E-state index contributed by atoms with van der Waals surface area (Å²) in [4.78, 5) is 10.0. The smallest absolute Gasteiger partial charge is 0.404 e. The highest BCUT2D eigenvalue weighted by Gasteiger charge is 2.01. The maximum atomic E-state index is 10.0. The van der Waals surface area contributed by atoms with Crippen LogP contribution >= 0.6 is 0 Å². The molecule has 0 bridgehead atoms. The second-order valence-electron chi connectivity index (χ2n) is 2.92. The van der Waals surface area contributed by atoms with Crippen LogP contribution in [0.3, 0.4) is 0 Å². The van der Waals surface area contributed by atoms with Gasteiger partial charge in [0.05, 0.1) is 0 Å². The van der Waals surface area contributed by atoms with Gasteiger partial charge in [-0.05, 0) is 12.8 Å². The van der Waals surface area contributed by atoms with Gasteiger partial charge in [0.25, 0.3) is 0 Å². The lowest BCUT2D eigenvalue weighted by atomic mass is 10.1. The zero-order chi connectivity index (χ0) is 9.40. The van der Waals surface area contributed by atoms with Gasteiger partial charge in [0.1, 0.15) is 0 Å². The lowest BCUT2D eigenvalue weighted by Gasteiger charge is -2.09. The van der Waals surface area contributed by atoms with Gasteiger partial charge >= 0.3 is 6.09 Å². The van der Waals surface area contributed by atoms with Crippen molar-refractivity contribution in [1.82, 2.24) is 5.32 Å². The van der Waals surface area contributed by atoms with Crippen LogP contribution in [0.4, 0.5) is 4.79 Å². The lowest BCUT2D eigenvalue weighted by molar-refractivity contribution is 0.194. The number of carboxylic acid groups (broad SMARTS) is 1. The van der Waals surface area contributed by atoms with Gasteiger partial charge in [-0.1, -0.05) is 19.8 Å². The molecule has 1 atom stereocenters. The fourth-order valence-corrected chi connectivity index (χ4v) is 0.975. The number of rotatable bonds is 6. The topological polar surface area (TPSA) is 75.3 Å². The van der Waals surface area contributed by atoms with Crippen LogP contribution in [-0.2, 0) is 0 Å². The molecule has 0 aliphatic heterocycles. The molecule has 0 aromatic heterocycles. The Labute approximate surface area is 73.1 Å². The third-order valence-electron chi connectivity index (χ3n) is 1.72. The van der Waals surface area contributed by atoms with Crippen molar-refractivity contribution in [3.63, 3.8) is 0 Å². The first-order chi connectivity index (χ1) is 5.66. The maximum absolute atomic E-state index is 10.0. The summed E-state index contributed by atoms with van der Waals surface area (Å²) in [5, 5.41) is 10.5. The Hall–Kier alpha value is -0.770. The first-order valence-electron chi connectivity index (χ1n) is 4.39. The van der Waals surface area contributed by atoms with Crippen LogP contribution in [-0.4, -0.2) is 23.8 Å². The van der Waals surface area contributed by atoms with E-state index in [4.69, 9.17) is 10.8 Å². The number of carbonyl (C=O) groups is 1. The summed E-state index contributed by atoms with van der Waals surface area (Å²) in [5.41, 5.74) is 5.71. The largest absolute Gasteiger partial charge is 0.465 e. The summed E-state index contributed by atoms with van der Waals surface area (Å²) < 4.78 is 0. The monoisotopic (exact) mass is 174 g/mol. The minimum absolute atomic E-state index is 0.136. The van der Waals surface area contributed by atoms with Crippen molar-refractivity contribution >= 4 is 6.09 Å². The zero-order valence-electron chi connectivity index (χ0n) is 7.55. The molecule has 12 heavy (non-hydrogen) atoms. The fourth-order valence-electron chi connectivity index (χ4n) is 0.975. The van der Waals surface area contributed by atoms with Gasteiger partial charge in [-0.3, -0.25) is 0 Å². The van der Waals surface area contributed by atoms with E-state index in [0.717, 1.165) is 25.7 Å². The molecule has 0 aliphatic carbocycles. The molecule has 0 aliphatic rings.